The lowest BCUT2D eigenvalue weighted by Crippen LogP contribution is -1.94. The van der Waals surface area contributed by atoms with Crippen molar-refractivity contribution in [3.63, 3.8) is 0 Å². The first-order chi connectivity index (χ1) is 10.5. The van der Waals surface area contributed by atoms with Gasteiger partial charge in [0.2, 0.25) is 11.9 Å². The third-order valence-corrected chi connectivity index (χ3v) is 3.53. The van der Waals surface area contributed by atoms with Crippen molar-refractivity contribution < 1.29 is 4.39 Å². The molecule has 0 unspecified atom stereocenters. The predicted molar refractivity (Wildman–Crippen MR) is 85.9 cm³/mol. The van der Waals surface area contributed by atoms with Gasteiger partial charge < -0.3 is 11.1 Å². The van der Waals surface area contributed by atoms with E-state index in [9.17, 15) is 4.39 Å². The molecule has 0 aliphatic rings. The zero-order valence-electron chi connectivity index (χ0n) is 11.1. The number of nitrogens with zero attached hydrogens (tertiary/aromatic N) is 2. The minimum Gasteiger partial charge on any atom is -0.368 e. The lowest BCUT2D eigenvalue weighted by Gasteiger charge is -2.10. The van der Waals surface area contributed by atoms with Crippen LogP contribution in [0.4, 0.5) is 22.0 Å². The lowest BCUT2D eigenvalue weighted by atomic mass is 10.0. The summed E-state index contributed by atoms with van der Waals surface area (Å²) < 4.78 is 13.0. The minimum atomic E-state index is -0.323. The van der Waals surface area contributed by atoms with Crippen molar-refractivity contribution in [3.05, 3.63) is 52.3 Å². The minimum absolute atomic E-state index is 0.197. The molecule has 0 radical (unpaired) electrons. The smallest absolute Gasteiger partial charge is 0.248 e. The van der Waals surface area contributed by atoms with E-state index in [-0.39, 0.29) is 11.8 Å². The highest BCUT2D eigenvalue weighted by molar-refractivity contribution is 6.39. The number of nitrogens with two attached hydrogens (primary N) is 1. The van der Waals surface area contributed by atoms with Crippen LogP contribution in [0.1, 0.15) is 0 Å². The third-order valence-electron chi connectivity index (χ3n) is 2.93. The molecule has 0 saturated carbocycles. The van der Waals surface area contributed by atoms with Crippen molar-refractivity contribution in [2.45, 2.75) is 0 Å². The number of rotatable bonds is 3. The van der Waals surface area contributed by atoms with Crippen molar-refractivity contribution in [3.8, 4) is 11.1 Å². The van der Waals surface area contributed by atoms with Gasteiger partial charge in [0.15, 0.2) is 0 Å². The predicted octanol–water partition coefficient (Wildman–Crippen LogP) is 4.24. The molecule has 3 rings (SSSR count). The summed E-state index contributed by atoms with van der Waals surface area (Å²) >= 11 is 12.6. The average Bonchev–Trinajstić information content (AvgIpc) is 2.85. The molecule has 2 aromatic carbocycles. The largest absolute Gasteiger partial charge is 0.368 e. The summed E-state index contributed by atoms with van der Waals surface area (Å²) in [7, 11) is 0. The molecule has 0 atom stereocenters. The molecule has 112 valence electrons. The number of benzene rings is 2. The number of anilines is 3. The van der Waals surface area contributed by atoms with Crippen LogP contribution < -0.4 is 11.1 Å². The van der Waals surface area contributed by atoms with E-state index in [1.54, 1.807) is 24.3 Å². The first kappa shape index (κ1) is 14.6. The van der Waals surface area contributed by atoms with Crippen LogP contribution in [0, 0.1) is 5.82 Å². The summed E-state index contributed by atoms with van der Waals surface area (Å²) in [4.78, 5) is 3.93. The van der Waals surface area contributed by atoms with Gasteiger partial charge in [0.25, 0.3) is 0 Å². The Kier molecular flexibility index (Phi) is 3.87. The number of hydrogen-bond donors (Lipinski definition) is 3. The number of aromatic nitrogens is 3. The van der Waals surface area contributed by atoms with E-state index in [0.29, 0.717) is 27.2 Å². The van der Waals surface area contributed by atoms with Gasteiger partial charge >= 0.3 is 0 Å². The zero-order valence-corrected chi connectivity index (χ0v) is 12.6. The lowest BCUT2D eigenvalue weighted by molar-refractivity contribution is 0.628. The topological polar surface area (TPSA) is 79.6 Å². The van der Waals surface area contributed by atoms with Crippen molar-refractivity contribution in [2.75, 3.05) is 11.1 Å². The van der Waals surface area contributed by atoms with Crippen LogP contribution in [-0.2, 0) is 0 Å². The highest BCUT2D eigenvalue weighted by Crippen LogP contribution is 2.37. The fourth-order valence-corrected chi connectivity index (χ4v) is 2.70. The standard InChI is InChI=1S/C14H10Cl2FN5/c15-10-5-9(19-14-20-13(18)21-22-14)6-11(16)12(10)7-1-3-8(17)4-2-7/h1-6H,(H4,18,19,20,21,22). The molecule has 0 saturated heterocycles. The average molecular weight is 338 g/mol. The maximum absolute atomic E-state index is 13.0. The zero-order chi connectivity index (χ0) is 15.7. The van der Waals surface area contributed by atoms with Gasteiger partial charge in [0.05, 0.1) is 10.0 Å². The molecular weight excluding hydrogens is 328 g/mol. The fourth-order valence-electron chi connectivity index (χ4n) is 2.00. The summed E-state index contributed by atoms with van der Waals surface area (Å²) in [5.41, 5.74) is 7.42. The Morgan fingerprint density at radius 3 is 2.27 bits per heavy atom. The van der Waals surface area contributed by atoms with E-state index in [1.165, 1.54) is 12.1 Å². The van der Waals surface area contributed by atoms with Gasteiger partial charge in [0.1, 0.15) is 5.82 Å². The Balaban J connectivity index is 1.95. The molecule has 22 heavy (non-hydrogen) atoms. The summed E-state index contributed by atoms with van der Waals surface area (Å²) in [6.07, 6.45) is 0. The molecule has 5 nitrogen and oxygen atoms in total. The Morgan fingerprint density at radius 2 is 1.73 bits per heavy atom. The Morgan fingerprint density at radius 1 is 1.09 bits per heavy atom. The molecule has 8 heteroatoms. The Hall–Kier alpha value is -2.31. The molecule has 0 spiro atoms. The number of H-pyrrole nitrogens is 1. The van der Waals surface area contributed by atoms with Crippen molar-refractivity contribution in [1.29, 1.82) is 0 Å². The van der Waals surface area contributed by atoms with Crippen LogP contribution >= 0.6 is 23.2 Å². The molecule has 0 aliphatic heterocycles. The van der Waals surface area contributed by atoms with Crippen LogP contribution in [-0.4, -0.2) is 15.2 Å². The number of nitrogens with one attached hydrogen (secondary N) is 2. The molecule has 3 aromatic rings. The quantitative estimate of drug-likeness (QED) is 0.667. The van der Waals surface area contributed by atoms with Gasteiger partial charge in [-0.2, -0.15) is 4.98 Å². The number of aromatic amines is 1. The van der Waals surface area contributed by atoms with Crippen molar-refractivity contribution in [2.24, 2.45) is 0 Å². The van der Waals surface area contributed by atoms with E-state index in [4.69, 9.17) is 28.9 Å². The molecule has 1 heterocycles. The maximum Gasteiger partial charge on any atom is 0.248 e. The van der Waals surface area contributed by atoms with Gasteiger partial charge in [-0.3, -0.25) is 0 Å². The Labute approximate surface area is 135 Å². The van der Waals surface area contributed by atoms with E-state index in [0.717, 1.165) is 5.56 Å². The summed E-state index contributed by atoms with van der Waals surface area (Å²) in [5.74, 6) is 0.179. The van der Waals surface area contributed by atoms with Gasteiger partial charge in [-0.15, -0.1) is 5.10 Å². The van der Waals surface area contributed by atoms with E-state index < -0.39 is 0 Å². The van der Waals surface area contributed by atoms with Gasteiger partial charge in [-0.25, -0.2) is 9.49 Å². The monoisotopic (exact) mass is 337 g/mol. The molecule has 0 bridgehead atoms. The van der Waals surface area contributed by atoms with Crippen molar-refractivity contribution in [1.82, 2.24) is 15.2 Å². The molecule has 1 aromatic heterocycles. The van der Waals surface area contributed by atoms with Gasteiger partial charge in [0, 0.05) is 11.3 Å². The van der Waals surface area contributed by atoms with E-state index >= 15 is 0 Å². The SMILES string of the molecule is Nc1nc(Nc2cc(Cl)c(-c3ccc(F)cc3)c(Cl)c2)n[nH]1. The van der Waals surface area contributed by atoms with Crippen molar-refractivity contribution >= 4 is 40.8 Å². The second-order valence-electron chi connectivity index (χ2n) is 4.49. The summed E-state index contributed by atoms with van der Waals surface area (Å²) in [5, 5.41) is 10.1. The van der Waals surface area contributed by atoms with E-state index in [2.05, 4.69) is 20.5 Å². The Bertz CT molecular complexity index is 793. The fraction of sp³-hybridized carbons (Fsp3) is 0. The maximum atomic E-state index is 13.0. The number of hydrogen-bond acceptors (Lipinski definition) is 4. The van der Waals surface area contributed by atoms with Crippen LogP contribution in [0.5, 0.6) is 0 Å². The second kappa shape index (κ2) is 5.82. The highest BCUT2D eigenvalue weighted by Gasteiger charge is 2.12. The van der Waals surface area contributed by atoms with Crippen LogP contribution in [0.15, 0.2) is 36.4 Å². The molecule has 4 N–H and O–H groups in total. The summed E-state index contributed by atoms with van der Waals surface area (Å²) in [6, 6.07) is 9.30. The molecule has 0 fully saturated rings. The third kappa shape index (κ3) is 2.98. The summed E-state index contributed by atoms with van der Waals surface area (Å²) in [6.45, 7) is 0. The first-order valence-electron chi connectivity index (χ1n) is 6.23. The normalized spacial score (nSPS) is 10.7. The second-order valence-corrected chi connectivity index (χ2v) is 5.31. The number of halogens is 3. The molecule has 0 amide bonds. The van der Waals surface area contributed by atoms with Crippen LogP contribution in [0.2, 0.25) is 10.0 Å². The first-order valence-corrected chi connectivity index (χ1v) is 6.98. The molecule has 0 aliphatic carbocycles. The highest BCUT2D eigenvalue weighted by atomic mass is 35.5. The van der Waals surface area contributed by atoms with Gasteiger partial charge in [-0.1, -0.05) is 35.3 Å². The van der Waals surface area contributed by atoms with Crippen LogP contribution in [0.3, 0.4) is 0 Å². The van der Waals surface area contributed by atoms with Crippen LogP contribution in [0.25, 0.3) is 11.1 Å². The van der Waals surface area contributed by atoms with Gasteiger partial charge in [-0.05, 0) is 29.8 Å². The molecular formula is C14H10Cl2FN5. The van der Waals surface area contributed by atoms with E-state index in [1.807, 2.05) is 0 Å². The number of nitrogen functional groups attached to an aromatic ring is 1.